The fraction of sp³-hybridized carbons (Fsp3) is 0.538. The van der Waals surface area contributed by atoms with Gasteiger partial charge in [-0.2, -0.15) is 13.2 Å². The van der Waals surface area contributed by atoms with E-state index in [4.69, 9.17) is 10.5 Å². The van der Waals surface area contributed by atoms with Crippen molar-refractivity contribution in [3.05, 3.63) is 29.1 Å². The topological polar surface area (TPSA) is 35.2 Å². The van der Waals surface area contributed by atoms with E-state index >= 15 is 0 Å². The molecule has 0 aromatic heterocycles. The number of hydrogen-bond donors (Lipinski definition) is 1. The summed E-state index contributed by atoms with van der Waals surface area (Å²) < 4.78 is 54.6. The number of benzene rings is 1. The van der Waals surface area contributed by atoms with Gasteiger partial charge in [-0.1, -0.05) is 0 Å². The third kappa shape index (κ3) is 5.06. The maximum absolute atomic E-state index is 13.4. The van der Waals surface area contributed by atoms with Gasteiger partial charge in [0.15, 0.2) is 0 Å². The van der Waals surface area contributed by atoms with Crippen molar-refractivity contribution in [2.24, 2.45) is 5.73 Å². The van der Waals surface area contributed by atoms with E-state index in [0.29, 0.717) is 16.9 Å². The quantitative estimate of drug-likeness (QED) is 0.656. The average Bonchev–Trinajstić information content (AvgIpc) is 2.27. The fourth-order valence-corrected chi connectivity index (χ4v) is 1.61. The third-order valence-electron chi connectivity index (χ3n) is 2.64. The van der Waals surface area contributed by atoms with Gasteiger partial charge in [-0.15, -0.1) is 0 Å². The van der Waals surface area contributed by atoms with Gasteiger partial charge >= 0.3 is 6.18 Å². The molecule has 0 heterocycles. The number of alkyl halides is 3. The van der Waals surface area contributed by atoms with Gasteiger partial charge in [0.05, 0.1) is 6.61 Å². The highest BCUT2D eigenvalue weighted by atomic mass is 19.4. The number of halogens is 4. The van der Waals surface area contributed by atoms with Crippen LogP contribution in [0.3, 0.4) is 0 Å². The Labute approximate surface area is 109 Å². The first-order valence-electron chi connectivity index (χ1n) is 5.96. The van der Waals surface area contributed by atoms with Crippen LogP contribution in [-0.4, -0.2) is 12.8 Å². The van der Waals surface area contributed by atoms with Gasteiger partial charge in [0.2, 0.25) is 0 Å². The summed E-state index contributed by atoms with van der Waals surface area (Å²) in [6.45, 7) is 3.14. The molecule has 0 spiro atoms. The number of aryl methyl sites for hydroxylation is 1. The van der Waals surface area contributed by atoms with Crippen molar-refractivity contribution in [1.82, 2.24) is 0 Å². The Kier molecular flexibility index (Phi) is 5.17. The molecule has 0 aliphatic heterocycles. The molecule has 0 saturated carbocycles. The van der Waals surface area contributed by atoms with Crippen LogP contribution in [0.1, 0.15) is 36.9 Å². The van der Waals surface area contributed by atoms with Gasteiger partial charge in [0.25, 0.3) is 0 Å². The van der Waals surface area contributed by atoms with E-state index in [-0.39, 0.29) is 13.0 Å². The summed E-state index contributed by atoms with van der Waals surface area (Å²) in [5.41, 5.74) is 6.50. The molecule has 19 heavy (non-hydrogen) atoms. The Morgan fingerprint density at radius 2 is 1.95 bits per heavy atom. The molecule has 2 N–H and O–H groups in total. The lowest BCUT2D eigenvalue weighted by molar-refractivity contribution is -0.136. The van der Waals surface area contributed by atoms with E-state index in [2.05, 4.69) is 0 Å². The second kappa shape index (κ2) is 6.23. The van der Waals surface area contributed by atoms with Gasteiger partial charge in [0, 0.05) is 18.0 Å². The van der Waals surface area contributed by atoms with Crippen LogP contribution >= 0.6 is 0 Å². The van der Waals surface area contributed by atoms with Crippen LogP contribution in [0.5, 0.6) is 5.75 Å². The Morgan fingerprint density at radius 1 is 1.32 bits per heavy atom. The van der Waals surface area contributed by atoms with E-state index in [0.717, 1.165) is 0 Å². The fourth-order valence-electron chi connectivity index (χ4n) is 1.61. The van der Waals surface area contributed by atoms with Gasteiger partial charge in [-0.05, 0) is 38.0 Å². The Balaban J connectivity index is 2.69. The molecule has 2 nitrogen and oxygen atoms in total. The molecule has 0 unspecified atom stereocenters. The summed E-state index contributed by atoms with van der Waals surface area (Å²) in [6, 6.07) is 2.27. The van der Waals surface area contributed by atoms with Crippen LogP contribution in [0.25, 0.3) is 0 Å². The minimum Gasteiger partial charge on any atom is -0.493 e. The minimum absolute atomic E-state index is 0.0791. The molecule has 1 aromatic rings. The van der Waals surface area contributed by atoms with Crippen molar-refractivity contribution in [2.75, 3.05) is 6.61 Å². The Hall–Kier alpha value is -1.30. The van der Waals surface area contributed by atoms with Crippen LogP contribution in [0.4, 0.5) is 17.6 Å². The van der Waals surface area contributed by atoms with Crippen LogP contribution in [0.15, 0.2) is 12.1 Å². The molecule has 0 bridgehead atoms. The van der Waals surface area contributed by atoms with E-state index < -0.39 is 24.5 Å². The lowest BCUT2D eigenvalue weighted by Gasteiger charge is -2.15. The van der Waals surface area contributed by atoms with Crippen molar-refractivity contribution in [3.63, 3.8) is 0 Å². The zero-order valence-corrected chi connectivity index (χ0v) is 10.9. The van der Waals surface area contributed by atoms with Gasteiger partial charge in [0.1, 0.15) is 11.6 Å². The smallest absolute Gasteiger partial charge is 0.389 e. The molecule has 0 saturated heterocycles. The summed E-state index contributed by atoms with van der Waals surface area (Å²) in [5, 5.41) is 0. The summed E-state index contributed by atoms with van der Waals surface area (Å²) in [5.74, 6) is -0.0639. The van der Waals surface area contributed by atoms with Gasteiger partial charge < -0.3 is 10.5 Å². The average molecular weight is 279 g/mol. The van der Waals surface area contributed by atoms with Crippen LogP contribution in [0.2, 0.25) is 0 Å². The number of ether oxygens (including phenoxy) is 1. The van der Waals surface area contributed by atoms with Crippen molar-refractivity contribution in [3.8, 4) is 5.75 Å². The van der Waals surface area contributed by atoms with Crippen molar-refractivity contribution in [1.29, 1.82) is 0 Å². The predicted octanol–water partition coefficient (Wildman–Crippen LogP) is 3.88. The summed E-state index contributed by atoms with van der Waals surface area (Å²) >= 11 is 0. The van der Waals surface area contributed by atoms with Crippen molar-refractivity contribution < 1.29 is 22.3 Å². The highest BCUT2D eigenvalue weighted by Gasteiger charge is 2.26. The molecule has 1 rings (SSSR count). The van der Waals surface area contributed by atoms with Crippen molar-refractivity contribution in [2.45, 2.75) is 38.9 Å². The van der Waals surface area contributed by atoms with Gasteiger partial charge in [-0.3, -0.25) is 0 Å². The molecular weight excluding hydrogens is 262 g/mol. The second-order valence-electron chi connectivity index (χ2n) is 4.50. The highest BCUT2D eigenvalue weighted by Crippen LogP contribution is 2.28. The lowest BCUT2D eigenvalue weighted by atomic mass is 10.1. The number of nitrogens with two attached hydrogens (primary N) is 1. The zero-order valence-electron chi connectivity index (χ0n) is 10.9. The first-order chi connectivity index (χ1) is 8.70. The van der Waals surface area contributed by atoms with Crippen LogP contribution < -0.4 is 10.5 Å². The minimum atomic E-state index is -4.19. The molecular formula is C13H17F4NO. The first kappa shape index (κ1) is 15.8. The van der Waals surface area contributed by atoms with Gasteiger partial charge in [-0.25, -0.2) is 4.39 Å². The SMILES string of the molecule is Cc1cc(OCCCC(F)(F)F)c([C@H](C)N)cc1F. The number of rotatable bonds is 5. The molecule has 1 aromatic carbocycles. The van der Waals surface area contributed by atoms with Crippen molar-refractivity contribution >= 4 is 0 Å². The largest absolute Gasteiger partial charge is 0.493 e. The molecule has 6 heteroatoms. The maximum atomic E-state index is 13.4. The maximum Gasteiger partial charge on any atom is 0.389 e. The second-order valence-corrected chi connectivity index (χ2v) is 4.50. The Morgan fingerprint density at radius 3 is 2.47 bits per heavy atom. The lowest BCUT2D eigenvalue weighted by Crippen LogP contribution is -2.12. The predicted molar refractivity (Wildman–Crippen MR) is 64.5 cm³/mol. The molecule has 0 aliphatic carbocycles. The number of hydrogen-bond acceptors (Lipinski definition) is 2. The van der Waals surface area contributed by atoms with E-state index in [1.165, 1.54) is 12.1 Å². The first-order valence-corrected chi connectivity index (χ1v) is 5.96. The standard InChI is InChI=1S/C13H17F4NO/c1-8-6-12(10(9(2)18)7-11(8)14)19-5-3-4-13(15,16)17/h6-7,9H,3-5,18H2,1-2H3/t9-/m0/s1. The third-order valence-corrected chi connectivity index (χ3v) is 2.64. The monoisotopic (exact) mass is 279 g/mol. The molecule has 108 valence electrons. The molecule has 0 aliphatic rings. The normalized spacial score (nSPS) is 13.4. The molecule has 0 radical (unpaired) electrons. The molecule has 1 atom stereocenters. The van der Waals surface area contributed by atoms with Crippen LogP contribution in [0, 0.1) is 12.7 Å². The summed E-state index contributed by atoms with van der Waals surface area (Å²) in [7, 11) is 0. The van der Waals surface area contributed by atoms with E-state index in [1.807, 2.05) is 0 Å². The Bertz CT molecular complexity index is 429. The summed E-state index contributed by atoms with van der Waals surface area (Å²) in [4.78, 5) is 0. The van der Waals surface area contributed by atoms with E-state index in [1.54, 1.807) is 13.8 Å². The summed E-state index contributed by atoms with van der Waals surface area (Å²) in [6.07, 6.45) is -5.23. The molecule has 0 fully saturated rings. The van der Waals surface area contributed by atoms with Crippen LogP contribution in [-0.2, 0) is 0 Å². The zero-order chi connectivity index (χ0) is 14.6. The highest BCUT2D eigenvalue weighted by molar-refractivity contribution is 5.39. The van der Waals surface area contributed by atoms with E-state index in [9.17, 15) is 17.6 Å². The molecule has 0 amide bonds.